The molecule has 0 atom stereocenters. The van der Waals surface area contributed by atoms with Gasteiger partial charge in [-0.3, -0.25) is 9.36 Å². The summed E-state index contributed by atoms with van der Waals surface area (Å²) in [4.78, 5) is 25.1. The molecule has 0 bridgehead atoms. The van der Waals surface area contributed by atoms with Gasteiger partial charge in [0.25, 0.3) is 5.56 Å². The van der Waals surface area contributed by atoms with Gasteiger partial charge in [0.05, 0.1) is 16.8 Å². The SMILES string of the molecule is Cc1cc(N(C)C)c2c(n1)sc1c(=O)n(-c3ccc(Br)cc3)cnc12. The van der Waals surface area contributed by atoms with E-state index in [1.807, 2.05) is 56.3 Å². The summed E-state index contributed by atoms with van der Waals surface area (Å²) < 4.78 is 3.17. The second-order valence-electron chi connectivity index (χ2n) is 6.03. The molecule has 3 heterocycles. The van der Waals surface area contributed by atoms with Gasteiger partial charge in [-0.15, -0.1) is 11.3 Å². The monoisotopic (exact) mass is 414 g/mol. The fourth-order valence-electron chi connectivity index (χ4n) is 2.87. The number of aromatic nitrogens is 3. The zero-order valence-electron chi connectivity index (χ0n) is 13.9. The van der Waals surface area contributed by atoms with E-state index < -0.39 is 0 Å². The molecule has 0 N–H and O–H groups in total. The smallest absolute Gasteiger partial charge is 0.275 e. The van der Waals surface area contributed by atoms with Crippen LogP contribution in [-0.4, -0.2) is 28.6 Å². The molecule has 0 saturated heterocycles. The first-order chi connectivity index (χ1) is 12.0. The summed E-state index contributed by atoms with van der Waals surface area (Å²) in [6.45, 7) is 1.96. The molecule has 4 rings (SSSR count). The molecule has 25 heavy (non-hydrogen) atoms. The van der Waals surface area contributed by atoms with E-state index in [0.717, 1.165) is 37.3 Å². The van der Waals surface area contributed by atoms with Gasteiger partial charge in [0.1, 0.15) is 21.4 Å². The number of hydrogen-bond acceptors (Lipinski definition) is 5. The van der Waals surface area contributed by atoms with Crippen molar-refractivity contribution >= 4 is 53.4 Å². The molecule has 0 aliphatic heterocycles. The highest BCUT2D eigenvalue weighted by Gasteiger charge is 2.17. The van der Waals surface area contributed by atoms with Crippen LogP contribution in [0, 0.1) is 6.92 Å². The van der Waals surface area contributed by atoms with Crippen LogP contribution in [0.5, 0.6) is 0 Å². The molecule has 126 valence electrons. The van der Waals surface area contributed by atoms with Crippen molar-refractivity contribution in [3.63, 3.8) is 0 Å². The Morgan fingerprint density at radius 1 is 1.20 bits per heavy atom. The van der Waals surface area contributed by atoms with Crippen molar-refractivity contribution in [1.29, 1.82) is 0 Å². The van der Waals surface area contributed by atoms with E-state index in [1.165, 1.54) is 11.3 Å². The van der Waals surface area contributed by atoms with Crippen molar-refractivity contribution in [2.45, 2.75) is 6.92 Å². The summed E-state index contributed by atoms with van der Waals surface area (Å²) in [5.41, 5.74) is 3.39. The topological polar surface area (TPSA) is 51.0 Å². The van der Waals surface area contributed by atoms with E-state index in [9.17, 15) is 4.79 Å². The summed E-state index contributed by atoms with van der Waals surface area (Å²) >= 11 is 4.82. The summed E-state index contributed by atoms with van der Waals surface area (Å²) in [6.07, 6.45) is 1.60. The van der Waals surface area contributed by atoms with Crippen LogP contribution in [-0.2, 0) is 0 Å². The third kappa shape index (κ3) is 2.63. The number of aryl methyl sites for hydroxylation is 1. The van der Waals surface area contributed by atoms with E-state index in [4.69, 9.17) is 0 Å². The van der Waals surface area contributed by atoms with Gasteiger partial charge >= 0.3 is 0 Å². The molecule has 0 unspecified atom stereocenters. The molecule has 3 aromatic heterocycles. The molecule has 7 heteroatoms. The molecule has 4 aromatic rings. The lowest BCUT2D eigenvalue weighted by Gasteiger charge is -2.14. The Labute approximate surface area is 156 Å². The van der Waals surface area contributed by atoms with Gasteiger partial charge in [0, 0.05) is 24.3 Å². The Kier molecular flexibility index (Phi) is 3.85. The van der Waals surface area contributed by atoms with Gasteiger partial charge in [-0.2, -0.15) is 0 Å². The van der Waals surface area contributed by atoms with Gasteiger partial charge in [0.2, 0.25) is 0 Å². The van der Waals surface area contributed by atoms with Gasteiger partial charge in [-0.25, -0.2) is 9.97 Å². The molecule has 0 saturated carbocycles. The van der Waals surface area contributed by atoms with Crippen molar-refractivity contribution in [1.82, 2.24) is 14.5 Å². The van der Waals surface area contributed by atoms with Crippen LogP contribution in [0.2, 0.25) is 0 Å². The Balaban J connectivity index is 2.05. The second-order valence-corrected chi connectivity index (χ2v) is 7.95. The van der Waals surface area contributed by atoms with Gasteiger partial charge in [0.15, 0.2) is 0 Å². The van der Waals surface area contributed by atoms with Crippen molar-refractivity contribution in [2.24, 2.45) is 0 Å². The van der Waals surface area contributed by atoms with Crippen molar-refractivity contribution in [3.05, 3.63) is 57.2 Å². The highest BCUT2D eigenvalue weighted by Crippen LogP contribution is 2.36. The van der Waals surface area contributed by atoms with Crippen LogP contribution in [0.15, 0.2) is 45.9 Å². The maximum Gasteiger partial charge on any atom is 0.275 e. The molecule has 0 radical (unpaired) electrons. The molecular weight excluding hydrogens is 400 g/mol. The Morgan fingerprint density at radius 3 is 2.60 bits per heavy atom. The molecule has 0 amide bonds. The minimum absolute atomic E-state index is 0.0716. The second kappa shape index (κ2) is 5.93. The van der Waals surface area contributed by atoms with Gasteiger partial charge < -0.3 is 4.90 Å². The van der Waals surface area contributed by atoms with E-state index in [-0.39, 0.29) is 5.56 Å². The van der Waals surface area contributed by atoms with Crippen LogP contribution >= 0.6 is 27.3 Å². The quantitative estimate of drug-likeness (QED) is 0.494. The number of nitrogens with zero attached hydrogens (tertiary/aromatic N) is 4. The number of pyridine rings is 1. The lowest BCUT2D eigenvalue weighted by molar-refractivity contribution is 0.967. The summed E-state index contributed by atoms with van der Waals surface area (Å²) in [7, 11) is 3.97. The van der Waals surface area contributed by atoms with Crippen molar-refractivity contribution in [3.8, 4) is 5.69 Å². The number of rotatable bonds is 2. The van der Waals surface area contributed by atoms with Crippen LogP contribution in [0.1, 0.15) is 5.69 Å². The highest BCUT2D eigenvalue weighted by atomic mass is 79.9. The Morgan fingerprint density at radius 2 is 1.92 bits per heavy atom. The van der Waals surface area contributed by atoms with Crippen LogP contribution in [0.4, 0.5) is 5.69 Å². The summed E-state index contributed by atoms with van der Waals surface area (Å²) in [5.74, 6) is 0. The molecule has 0 spiro atoms. The van der Waals surface area contributed by atoms with Gasteiger partial charge in [-0.05, 0) is 37.3 Å². The Bertz CT molecular complexity index is 1160. The largest absolute Gasteiger partial charge is 0.377 e. The Hall–Kier alpha value is -2.25. The predicted octanol–water partition coefficient (Wildman–Crippen LogP) is 4.13. The fourth-order valence-corrected chi connectivity index (χ4v) is 4.25. The zero-order chi connectivity index (χ0) is 17.7. The fraction of sp³-hybridized carbons (Fsp3) is 0.167. The van der Waals surface area contributed by atoms with Crippen molar-refractivity contribution < 1.29 is 0 Å². The maximum absolute atomic E-state index is 13.0. The van der Waals surface area contributed by atoms with E-state index in [0.29, 0.717) is 4.70 Å². The number of hydrogen-bond donors (Lipinski definition) is 0. The van der Waals surface area contributed by atoms with Crippen LogP contribution < -0.4 is 10.5 Å². The third-order valence-corrected chi connectivity index (χ3v) is 5.64. The lowest BCUT2D eigenvalue weighted by atomic mass is 10.2. The predicted molar refractivity (Wildman–Crippen MR) is 107 cm³/mol. The number of thiophene rings is 1. The minimum Gasteiger partial charge on any atom is -0.377 e. The molecular formula is C18H15BrN4OS. The first-order valence-electron chi connectivity index (χ1n) is 7.70. The third-order valence-electron chi connectivity index (χ3n) is 4.05. The first kappa shape index (κ1) is 16.2. The number of fused-ring (bicyclic) bond motifs is 3. The number of benzene rings is 1. The molecule has 0 aliphatic carbocycles. The first-order valence-corrected chi connectivity index (χ1v) is 9.31. The normalized spacial score (nSPS) is 11.4. The minimum atomic E-state index is -0.0716. The molecule has 0 aliphatic rings. The van der Waals surface area contributed by atoms with Crippen LogP contribution in [0.25, 0.3) is 26.1 Å². The average Bonchev–Trinajstić information content (AvgIpc) is 2.94. The van der Waals surface area contributed by atoms with Crippen molar-refractivity contribution in [2.75, 3.05) is 19.0 Å². The van der Waals surface area contributed by atoms with Gasteiger partial charge in [-0.1, -0.05) is 15.9 Å². The van der Waals surface area contributed by atoms with E-state index in [1.54, 1.807) is 10.9 Å². The molecule has 0 fully saturated rings. The van der Waals surface area contributed by atoms with Crippen LogP contribution in [0.3, 0.4) is 0 Å². The molecule has 5 nitrogen and oxygen atoms in total. The number of halogens is 1. The standard InChI is InChI=1S/C18H15BrN4OS/c1-10-8-13(22(2)3)14-15-16(25-17(14)21-10)18(24)23(9-20-15)12-6-4-11(19)5-7-12/h4-9H,1-3H3. The number of anilines is 1. The summed E-state index contributed by atoms with van der Waals surface area (Å²) in [6, 6.07) is 9.62. The lowest BCUT2D eigenvalue weighted by Crippen LogP contribution is -2.17. The summed E-state index contributed by atoms with van der Waals surface area (Å²) in [5, 5.41) is 0.940. The average molecular weight is 415 g/mol. The molecule has 1 aromatic carbocycles. The zero-order valence-corrected chi connectivity index (χ0v) is 16.3. The highest BCUT2D eigenvalue weighted by molar-refractivity contribution is 9.10. The maximum atomic E-state index is 13.0. The van der Waals surface area contributed by atoms with E-state index in [2.05, 4.69) is 25.9 Å². The van der Waals surface area contributed by atoms with E-state index >= 15 is 0 Å².